The number of fused-ring (bicyclic) bond motifs is 4. The van der Waals surface area contributed by atoms with Crippen molar-refractivity contribution in [1.29, 1.82) is 0 Å². The van der Waals surface area contributed by atoms with E-state index in [4.69, 9.17) is 37.9 Å². The van der Waals surface area contributed by atoms with Crippen LogP contribution in [0.15, 0.2) is 92.7 Å². The van der Waals surface area contributed by atoms with Gasteiger partial charge >= 0.3 is 0 Å². The predicted octanol–water partition coefficient (Wildman–Crippen LogP) is 15.8. The van der Waals surface area contributed by atoms with Crippen molar-refractivity contribution in [3.8, 4) is 0 Å². The van der Waals surface area contributed by atoms with Gasteiger partial charge in [-0.3, -0.25) is 38.4 Å². The highest BCUT2D eigenvalue weighted by Gasteiger charge is 2.85. The first-order valence-electron chi connectivity index (χ1n) is 44.1. The fourth-order valence-electron chi connectivity index (χ4n) is 28.3. The second-order valence-corrected chi connectivity index (χ2v) is 42.1. The van der Waals surface area contributed by atoms with Crippen molar-refractivity contribution >= 4 is 46.3 Å². The smallest absolute Gasteiger partial charge is 0.214 e. The first-order valence-corrected chi connectivity index (χ1v) is 44.1. The van der Waals surface area contributed by atoms with E-state index in [2.05, 4.69) is 83.1 Å². The van der Waals surface area contributed by atoms with Gasteiger partial charge in [0.05, 0.1) is 70.5 Å². The maximum absolute atomic E-state index is 14.0. The molecule has 16 rings (SSSR count). The molecule has 8 fully saturated rings. The molecule has 0 amide bonds. The number of rotatable bonds is 20. The van der Waals surface area contributed by atoms with Gasteiger partial charge < -0.3 is 58.3 Å². The molecular weight excluding hydrogens is 1470 g/mol. The molecule has 16 aliphatic carbocycles. The number of ether oxygens (including phenoxy) is 8. The van der Waals surface area contributed by atoms with Gasteiger partial charge in [0.2, 0.25) is 46.2 Å². The van der Waals surface area contributed by atoms with Gasteiger partial charge in [-0.15, -0.1) is 0 Å². The molecule has 0 aliphatic heterocycles. The molecule has 0 aromatic heterocycles. The number of allylic oxidation sites excluding steroid dienone is 8. The third kappa shape index (κ3) is 11.2. The van der Waals surface area contributed by atoms with Crippen molar-refractivity contribution in [2.24, 2.45) is 114 Å². The van der Waals surface area contributed by atoms with Gasteiger partial charge in [-0.25, -0.2) is 0 Å². The van der Waals surface area contributed by atoms with Crippen LogP contribution in [0.4, 0.5) is 0 Å². The van der Waals surface area contributed by atoms with Gasteiger partial charge in [-0.2, -0.15) is 0 Å². The summed E-state index contributed by atoms with van der Waals surface area (Å²) >= 11 is 0. The molecule has 0 aromatic rings. The Morgan fingerprint density at radius 2 is 0.422 bits per heavy atom. The van der Waals surface area contributed by atoms with Crippen LogP contribution in [-0.2, 0) is 76.3 Å². The SMILES string of the molecule is CC(C)OC1=C(OC(C)C)[C@@]2(O)CC[C@@H]3C[C@]4(C)C(=CC(=O)[C@H]4C(C)C)[C@@]32C1=O.CC(C)OC1=C(OC(C)C)[C@@]2(O)CC[C@@H]3C[C@]4(C)C(=CC(=O)[C@H]4C(C)C)[C@@]32C1=O.CC(C)OC1=C(OC(C)C)[C@]2(O)CC[C@H]3C[C@@]4(C)C(=CC(=O)[C@@H]4C(C)C)[C@]32C1=O.CC(C)OC1=C(OC(C)C)[C@]2(O)CC[C@H]3C[C@@]4(C)C(=CC(=O)[C@@H]4C(C)C)[C@]32C1=O. The second-order valence-electron chi connectivity index (χ2n) is 42.1. The van der Waals surface area contributed by atoms with Crippen LogP contribution in [0.1, 0.15) is 271 Å². The summed E-state index contributed by atoms with van der Waals surface area (Å²) in [5.74, 6) is 1.32. The van der Waals surface area contributed by atoms with Gasteiger partial charge in [0.15, 0.2) is 46.2 Å². The number of Topliss-reactive ketones (excluding diaryl/α,β-unsaturated/α-hetero) is 4. The van der Waals surface area contributed by atoms with Crippen LogP contribution in [-0.4, -0.2) is 138 Å². The Labute approximate surface area is 688 Å². The molecule has 0 heterocycles. The highest BCUT2D eigenvalue weighted by Crippen LogP contribution is 2.81. The van der Waals surface area contributed by atoms with Gasteiger partial charge in [0, 0.05) is 45.3 Å². The van der Waals surface area contributed by atoms with E-state index in [1.54, 1.807) is 24.3 Å². The molecule has 0 bridgehead atoms. The summed E-state index contributed by atoms with van der Waals surface area (Å²) in [6.07, 6.45) is 12.8. The average Bonchev–Trinajstić information content (AvgIpc) is 1.50. The lowest BCUT2D eigenvalue weighted by Gasteiger charge is -2.40. The molecular formula is C96H136O20. The minimum absolute atomic E-state index is 0.00961. The minimum Gasteiger partial charge on any atom is -0.488 e. The lowest BCUT2D eigenvalue weighted by molar-refractivity contribution is -0.135. The molecule has 8 saturated carbocycles. The lowest BCUT2D eigenvalue weighted by Crippen LogP contribution is -2.49. The third-order valence-electron chi connectivity index (χ3n) is 30.5. The number of aliphatic hydroxyl groups is 4. The zero-order valence-electron chi connectivity index (χ0n) is 74.7. The summed E-state index contributed by atoms with van der Waals surface area (Å²) in [5, 5.41) is 48.4. The maximum Gasteiger partial charge on any atom is 0.214 e. The Morgan fingerprint density at radius 1 is 0.267 bits per heavy atom. The Kier molecular flexibility index (Phi) is 21.5. The van der Waals surface area contributed by atoms with E-state index < -0.39 is 65.7 Å². The Bertz CT molecular complexity index is 3890. The van der Waals surface area contributed by atoms with Crippen LogP contribution >= 0.6 is 0 Å². The van der Waals surface area contributed by atoms with Gasteiger partial charge in [0.25, 0.3) is 0 Å². The van der Waals surface area contributed by atoms with Gasteiger partial charge in [-0.1, -0.05) is 83.1 Å². The molecule has 20 atom stereocenters. The maximum atomic E-state index is 14.0. The van der Waals surface area contributed by atoms with Crippen LogP contribution in [0, 0.1) is 114 Å². The predicted molar refractivity (Wildman–Crippen MR) is 435 cm³/mol. The standard InChI is InChI=1S/4C24H34O5/c4*1-12(2)18-16(25)10-17-22(18,7)11-15-8-9-23(27)21(29-14(5)6)19(28-13(3)4)20(26)24(15,17)23/h4*10,12-15,18,27H,8-9,11H2,1-7H3/t4*15-,18-,22-,23+,24-/m1100/s1. The Morgan fingerprint density at radius 3 is 0.560 bits per heavy atom. The zero-order valence-corrected chi connectivity index (χ0v) is 74.7. The van der Waals surface area contributed by atoms with Crippen molar-refractivity contribution in [2.45, 2.75) is 342 Å². The van der Waals surface area contributed by atoms with Crippen molar-refractivity contribution in [1.82, 2.24) is 0 Å². The fraction of sp³-hybridized carbons (Fsp3) is 0.750. The number of carbonyl (C=O) groups excluding carboxylic acids is 8. The van der Waals surface area contributed by atoms with Gasteiger partial charge in [-0.05, 0) is 282 Å². The molecule has 20 heteroatoms. The molecule has 640 valence electrons. The van der Waals surface area contributed by atoms with Gasteiger partial charge in [0.1, 0.15) is 22.4 Å². The van der Waals surface area contributed by atoms with Crippen LogP contribution in [0.2, 0.25) is 0 Å². The first-order chi connectivity index (χ1) is 53.6. The van der Waals surface area contributed by atoms with Crippen molar-refractivity contribution in [2.75, 3.05) is 0 Å². The van der Waals surface area contributed by atoms with E-state index in [0.29, 0.717) is 25.7 Å². The molecule has 0 saturated heterocycles. The van der Waals surface area contributed by atoms with E-state index in [1.807, 2.05) is 111 Å². The van der Waals surface area contributed by atoms with Crippen molar-refractivity contribution < 1.29 is 96.7 Å². The molecule has 4 spiro atoms. The first kappa shape index (κ1) is 87.3. The second kappa shape index (κ2) is 28.6. The highest BCUT2D eigenvalue weighted by atomic mass is 16.6. The van der Waals surface area contributed by atoms with E-state index in [9.17, 15) is 58.8 Å². The summed E-state index contributed by atoms with van der Waals surface area (Å²) in [5.41, 5.74) is -8.66. The van der Waals surface area contributed by atoms with E-state index in [-0.39, 0.29) is 212 Å². The van der Waals surface area contributed by atoms with Crippen LogP contribution in [0.5, 0.6) is 0 Å². The van der Waals surface area contributed by atoms with Crippen LogP contribution in [0.25, 0.3) is 0 Å². The largest absolute Gasteiger partial charge is 0.488 e. The third-order valence-corrected chi connectivity index (χ3v) is 30.5. The highest BCUT2D eigenvalue weighted by molar-refractivity contribution is 6.13. The molecule has 20 nitrogen and oxygen atoms in total. The van der Waals surface area contributed by atoms with Crippen LogP contribution in [0.3, 0.4) is 0 Å². The summed E-state index contributed by atoms with van der Waals surface area (Å²) in [4.78, 5) is 108. The summed E-state index contributed by atoms with van der Waals surface area (Å²) < 4.78 is 48.1. The summed E-state index contributed by atoms with van der Waals surface area (Å²) in [7, 11) is 0. The molecule has 0 aromatic carbocycles. The van der Waals surface area contributed by atoms with E-state index in [1.165, 1.54) is 0 Å². The zero-order chi connectivity index (χ0) is 86.1. The van der Waals surface area contributed by atoms with E-state index in [0.717, 1.165) is 73.7 Å². The quantitative estimate of drug-likeness (QED) is 0.0880. The normalized spacial score (nSPS) is 40.9. The summed E-state index contributed by atoms with van der Waals surface area (Å²) in [6.45, 7) is 55.0. The van der Waals surface area contributed by atoms with E-state index >= 15 is 0 Å². The Balaban J connectivity index is 0.000000135. The fourth-order valence-corrected chi connectivity index (χ4v) is 28.3. The minimum atomic E-state index is -1.45. The monoisotopic (exact) mass is 1610 g/mol. The topological polar surface area (TPSA) is 291 Å². The molecule has 0 unspecified atom stereocenters. The molecule has 0 radical (unpaired) electrons. The number of hydrogen-bond acceptors (Lipinski definition) is 20. The average molecular weight is 1610 g/mol. The number of ketones is 8. The lowest BCUT2D eigenvalue weighted by atomic mass is 9.64. The van der Waals surface area contributed by atoms with Crippen molar-refractivity contribution in [3.05, 3.63) is 92.7 Å². The molecule has 16 aliphatic rings. The Hall–Kier alpha value is -6.48. The van der Waals surface area contributed by atoms with Crippen molar-refractivity contribution in [3.63, 3.8) is 0 Å². The van der Waals surface area contributed by atoms with Crippen LogP contribution < -0.4 is 0 Å². The molecule has 4 N–H and O–H groups in total. The molecule has 116 heavy (non-hydrogen) atoms. The number of hydrogen-bond donors (Lipinski definition) is 4. The number of carbonyl (C=O) groups is 8. The summed E-state index contributed by atoms with van der Waals surface area (Å²) in [6, 6.07) is 0.